The van der Waals surface area contributed by atoms with Crippen molar-refractivity contribution in [2.75, 3.05) is 11.9 Å². The highest BCUT2D eigenvalue weighted by molar-refractivity contribution is 6.31. The molecule has 2 aromatic heterocycles. The Labute approximate surface area is 210 Å². The Morgan fingerprint density at radius 3 is 2.42 bits per heavy atom. The number of rotatable bonds is 8. The van der Waals surface area contributed by atoms with Crippen LogP contribution in [0.2, 0.25) is 5.02 Å². The van der Waals surface area contributed by atoms with Crippen LogP contribution in [0.1, 0.15) is 22.3 Å². The second-order valence-electron chi connectivity index (χ2n) is 8.27. The molecule has 0 atom stereocenters. The lowest BCUT2D eigenvalue weighted by atomic mass is 10.1. The maximum Gasteiger partial charge on any atom is 0.417 e. The van der Waals surface area contributed by atoms with Gasteiger partial charge in [-0.1, -0.05) is 23.7 Å². The third kappa shape index (κ3) is 6.25. The molecule has 0 amide bonds. The van der Waals surface area contributed by atoms with E-state index >= 15 is 0 Å². The monoisotopic (exact) mass is 517 g/mol. The number of nitrogens with zero attached hydrogens (tertiary/aromatic N) is 4. The van der Waals surface area contributed by atoms with E-state index in [2.05, 4.69) is 15.4 Å². The maximum absolute atomic E-state index is 13.0. The Bertz CT molecular complexity index is 1410. The molecule has 2 aromatic carbocycles. The predicted octanol–water partition coefficient (Wildman–Crippen LogP) is 5.22. The molecular formula is C25H23ClF3N5O2. The van der Waals surface area contributed by atoms with Crippen LogP contribution in [0.25, 0.3) is 0 Å². The van der Waals surface area contributed by atoms with Gasteiger partial charge in [-0.05, 0) is 47.9 Å². The van der Waals surface area contributed by atoms with Crippen molar-refractivity contribution in [1.29, 1.82) is 0 Å². The average molecular weight is 518 g/mol. The molecule has 0 unspecified atom stereocenters. The van der Waals surface area contributed by atoms with Gasteiger partial charge in [-0.25, -0.2) is 0 Å². The molecule has 0 bridgehead atoms. The van der Waals surface area contributed by atoms with E-state index in [1.54, 1.807) is 33.8 Å². The number of benzene rings is 2. The van der Waals surface area contributed by atoms with Crippen molar-refractivity contribution in [2.24, 2.45) is 14.1 Å². The fourth-order valence-corrected chi connectivity index (χ4v) is 3.85. The highest BCUT2D eigenvalue weighted by Gasteiger charge is 2.33. The molecule has 0 aliphatic carbocycles. The summed E-state index contributed by atoms with van der Waals surface area (Å²) in [6.07, 6.45) is 1.86. The Morgan fingerprint density at radius 2 is 1.75 bits per heavy atom. The van der Waals surface area contributed by atoms with Gasteiger partial charge in [0.15, 0.2) is 0 Å². The first-order valence-corrected chi connectivity index (χ1v) is 11.4. The molecular weight excluding hydrogens is 495 g/mol. The number of alkyl halides is 3. The molecule has 0 spiro atoms. The highest BCUT2D eigenvalue weighted by Crippen LogP contribution is 2.37. The zero-order valence-corrected chi connectivity index (χ0v) is 20.3. The van der Waals surface area contributed by atoms with Crippen molar-refractivity contribution >= 4 is 17.5 Å². The number of hydrogen-bond donors (Lipinski definition) is 1. The van der Waals surface area contributed by atoms with Crippen LogP contribution in [0.4, 0.5) is 19.1 Å². The zero-order valence-electron chi connectivity index (χ0n) is 19.5. The summed E-state index contributed by atoms with van der Waals surface area (Å²) in [6, 6.07) is 10.4. The molecule has 0 saturated carbocycles. The number of aryl methyl sites for hydroxylation is 2. The van der Waals surface area contributed by atoms with Gasteiger partial charge in [-0.15, -0.1) is 0 Å². The summed E-state index contributed by atoms with van der Waals surface area (Å²) >= 11 is 5.65. The lowest BCUT2D eigenvalue weighted by molar-refractivity contribution is -0.137. The summed E-state index contributed by atoms with van der Waals surface area (Å²) in [5.41, 5.74) is 1.24. The van der Waals surface area contributed by atoms with Gasteiger partial charge in [0.25, 0.3) is 5.56 Å². The molecule has 4 rings (SSSR count). The third-order valence-electron chi connectivity index (χ3n) is 5.42. The largest absolute Gasteiger partial charge is 0.457 e. The molecule has 1 N–H and O–H groups in total. The second-order valence-corrected chi connectivity index (χ2v) is 8.67. The van der Waals surface area contributed by atoms with Crippen molar-refractivity contribution in [1.82, 2.24) is 19.3 Å². The van der Waals surface area contributed by atoms with Crippen LogP contribution >= 0.6 is 11.6 Å². The number of anilines is 1. The molecule has 7 nitrogen and oxygen atoms in total. The van der Waals surface area contributed by atoms with Crippen LogP contribution in [0.3, 0.4) is 0 Å². The lowest BCUT2D eigenvalue weighted by Gasteiger charge is -2.13. The molecule has 4 aromatic rings. The van der Waals surface area contributed by atoms with Crippen LogP contribution in [0.5, 0.6) is 11.5 Å². The van der Waals surface area contributed by atoms with Crippen LogP contribution in [-0.4, -0.2) is 25.9 Å². The quantitative estimate of drug-likeness (QED) is 0.347. The number of ether oxygens (including phenoxy) is 1. The van der Waals surface area contributed by atoms with Gasteiger partial charge < -0.3 is 14.6 Å². The van der Waals surface area contributed by atoms with Crippen molar-refractivity contribution in [3.05, 3.63) is 98.7 Å². The number of hydrogen-bond acceptors (Lipinski definition) is 5. The molecule has 11 heteroatoms. The van der Waals surface area contributed by atoms with Gasteiger partial charge in [-0.2, -0.15) is 23.3 Å². The summed E-state index contributed by atoms with van der Waals surface area (Å²) < 4.78 is 48.1. The average Bonchev–Trinajstić information content (AvgIpc) is 3.23. The number of nitrogens with one attached hydrogen (secondary N) is 1. The SMILES string of the molecule is Cn1cc(Cc2cn(C)c(NCCc3ccc(Oc4ccc(Cl)c(C(F)(F)F)c4)cc3)nc2=O)cn1. The fraction of sp³-hybridized carbons (Fsp3) is 0.240. The van der Waals surface area contributed by atoms with E-state index in [-0.39, 0.29) is 16.3 Å². The molecule has 0 aliphatic rings. The summed E-state index contributed by atoms with van der Waals surface area (Å²) in [6.45, 7) is 0.522. The normalized spacial score (nSPS) is 11.5. The van der Waals surface area contributed by atoms with Crippen LogP contribution < -0.4 is 15.6 Å². The van der Waals surface area contributed by atoms with E-state index in [9.17, 15) is 18.0 Å². The van der Waals surface area contributed by atoms with Crippen molar-refractivity contribution < 1.29 is 17.9 Å². The van der Waals surface area contributed by atoms with Crippen molar-refractivity contribution in [3.8, 4) is 11.5 Å². The molecule has 36 heavy (non-hydrogen) atoms. The van der Waals surface area contributed by atoms with Gasteiger partial charge in [0, 0.05) is 45.0 Å². The molecule has 0 aliphatic heterocycles. The molecule has 2 heterocycles. The van der Waals surface area contributed by atoms with E-state index in [0.29, 0.717) is 36.6 Å². The molecule has 0 saturated heterocycles. The van der Waals surface area contributed by atoms with Gasteiger partial charge >= 0.3 is 6.18 Å². The summed E-state index contributed by atoms with van der Waals surface area (Å²) in [5, 5.41) is 6.90. The van der Waals surface area contributed by atoms with Gasteiger partial charge in [-0.3, -0.25) is 9.48 Å². The lowest BCUT2D eigenvalue weighted by Crippen LogP contribution is -2.21. The first kappa shape index (κ1) is 25.3. The number of halogens is 4. The topological polar surface area (TPSA) is 74.0 Å². The fourth-order valence-electron chi connectivity index (χ4n) is 3.63. The highest BCUT2D eigenvalue weighted by atomic mass is 35.5. The third-order valence-corrected chi connectivity index (χ3v) is 5.75. The summed E-state index contributed by atoms with van der Waals surface area (Å²) in [5.74, 6) is 0.897. The minimum Gasteiger partial charge on any atom is -0.457 e. The van der Waals surface area contributed by atoms with E-state index in [1.165, 1.54) is 6.07 Å². The van der Waals surface area contributed by atoms with E-state index in [1.807, 2.05) is 32.4 Å². The summed E-state index contributed by atoms with van der Waals surface area (Å²) in [4.78, 5) is 16.6. The molecule has 0 fully saturated rings. The zero-order chi connectivity index (χ0) is 25.9. The van der Waals surface area contributed by atoms with Crippen molar-refractivity contribution in [2.45, 2.75) is 19.0 Å². The molecule has 188 valence electrons. The Kier molecular flexibility index (Phi) is 7.35. The Morgan fingerprint density at radius 1 is 1.03 bits per heavy atom. The first-order valence-electron chi connectivity index (χ1n) is 11.0. The Balaban J connectivity index is 1.34. The predicted molar refractivity (Wildman–Crippen MR) is 131 cm³/mol. The van der Waals surface area contributed by atoms with Gasteiger partial charge in [0.2, 0.25) is 5.95 Å². The minimum absolute atomic E-state index is 0.0418. The van der Waals surface area contributed by atoms with Crippen molar-refractivity contribution in [3.63, 3.8) is 0 Å². The van der Waals surface area contributed by atoms with Crippen LogP contribution in [-0.2, 0) is 33.1 Å². The second kappa shape index (κ2) is 10.4. The number of aromatic nitrogens is 4. The first-order chi connectivity index (χ1) is 17.1. The minimum atomic E-state index is -4.56. The van der Waals surface area contributed by atoms with Crippen LogP contribution in [0.15, 0.2) is 65.8 Å². The van der Waals surface area contributed by atoms with Gasteiger partial charge in [0.1, 0.15) is 11.5 Å². The Hall–Kier alpha value is -3.79. The standard InChI is InChI=1S/C25H23ClF3N5O2/c1-33-15-18(11-17-13-31-34(2)14-17)23(35)32-24(33)30-10-9-16-3-5-19(6-4-16)36-20-7-8-22(26)21(12-20)25(27,28)29/h3-8,12-15H,9-11H2,1-2H3,(H,30,32,35). The van der Waals surface area contributed by atoms with E-state index < -0.39 is 11.7 Å². The van der Waals surface area contributed by atoms with E-state index in [0.717, 1.165) is 23.3 Å². The smallest absolute Gasteiger partial charge is 0.417 e. The molecule has 0 radical (unpaired) electrons. The maximum atomic E-state index is 13.0. The summed E-state index contributed by atoms with van der Waals surface area (Å²) in [7, 11) is 3.63. The van der Waals surface area contributed by atoms with Gasteiger partial charge in [0.05, 0.1) is 16.8 Å². The van der Waals surface area contributed by atoms with E-state index in [4.69, 9.17) is 16.3 Å². The van der Waals surface area contributed by atoms with Crippen LogP contribution in [0, 0.1) is 0 Å².